The molecular formula is C22H31N5O2. The first-order chi connectivity index (χ1) is 14.0. The number of aromatic nitrogens is 2. The number of anilines is 1. The quantitative estimate of drug-likeness (QED) is 0.746. The van der Waals surface area contributed by atoms with E-state index in [0.29, 0.717) is 30.6 Å². The zero-order valence-electron chi connectivity index (χ0n) is 17.5. The minimum Gasteiger partial charge on any atom is -0.387 e. The van der Waals surface area contributed by atoms with Gasteiger partial charge in [-0.1, -0.05) is 30.3 Å². The zero-order valence-corrected chi connectivity index (χ0v) is 17.5. The number of benzene rings is 1. The number of nitrogens with zero attached hydrogens (tertiary/aromatic N) is 4. The molecule has 29 heavy (non-hydrogen) atoms. The van der Waals surface area contributed by atoms with Crippen LogP contribution in [0.5, 0.6) is 0 Å². The summed E-state index contributed by atoms with van der Waals surface area (Å²) in [5.41, 5.74) is 2.15. The summed E-state index contributed by atoms with van der Waals surface area (Å²) in [6.45, 7) is 5.10. The third kappa shape index (κ3) is 5.74. The van der Waals surface area contributed by atoms with Gasteiger partial charge < -0.3 is 20.2 Å². The van der Waals surface area contributed by atoms with E-state index in [-0.39, 0.29) is 5.91 Å². The number of hydrogen-bond acceptors (Lipinski definition) is 6. The van der Waals surface area contributed by atoms with E-state index in [9.17, 15) is 9.90 Å². The molecule has 156 valence electrons. The van der Waals surface area contributed by atoms with Crippen molar-refractivity contribution in [2.75, 3.05) is 45.6 Å². The number of aryl methyl sites for hydroxylation is 1. The van der Waals surface area contributed by atoms with E-state index in [1.54, 1.807) is 18.0 Å². The molecule has 3 rings (SSSR count). The maximum absolute atomic E-state index is 12.8. The Labute approximate surface area is 172 Å². The Hall–Kier alpha value is -2.51. The predicted octanol–water partition coefficient (Wildman–Crippen LogP) is 2.34. The smallest absolute Gasteiger partial charge is 0.272 e. The summed E-state index contributed by atoms with van der Waals surface area (Å²) >= 11 is 0. The van der Waals surface area contributed by atoms with E-state index < -0.39 is 6.10 Å². The maximum atomic E-state index is 12.8. The highest BCUT2D eigenvalue weighted by Crippen LogP contribution is 2.22. The largest absolute Gasteiger partial charge is 0.387 e. The Kier molecular flexibility index (Phi) is 7.17. The summed E-state index contributed by atoms with van der Waals surface area (Å²) in [5, 5.41) is 13.3. The van der Waals surface area contributed by atoms with Crippen LogP contribution >= 0.6 is 0 Å². The highest BCUT2D eigenvalue weighted by atomic mass is 16.3. The van der Waals surface area contributed by atoms with Gasteiger partial charge in [-0.3, -0.25) is 4.79 Å². The number of β-amino-alcohol motifs (C(OH)–C–C–N with tert-alkyl or cyclic N) is 1. The highest BCUT2D eigenvalue weighted by Gasteiger charge is 2.24. The molecule has 1 fully saturated rings. The van der Waals surface area contributed by atoms with E-state index >= 15 is 0 Å². The summed E-state index contributed by atoms with van der Waals surface area (Å²) in [6.07, 6.45) is 1.58. The van der Waals surface area contributed by atoms with Gasteiger partial charge in [0.25, 0.3) is 5.91 Å². The molecule has 1 unspecified atom stereocenters. The summed E-state index contributed by atoms with van der Waals surface area (Å²) in [5.74, 6) is 0.849. The van der Waals surface area contributed by atoms with Gasteiger partial charge in [0.1, 0.15) is 5.69 Å². The van der Waals surface area contributed by atoms with Crippen molar-refractivity contribution in [3.8, 4) is 0 Å². The molecule has 1 aromatic heterocycles. The Morgan fingerprint density at radius 1 is 1.28 bits per heavy atom. The van der Waals surface area contributed by atoms with Crippen molar-refractivity contribution in [3.63, 3.8) is 0 Å². The predicted molar refractivity (Wildman–Crippen MR) is 114 cm³/mol. The van der Waals surface area contributed by atoms with Crippen LogP contribution in [-0.2, 0) is 0 Å². The van der Waals surface area contributed by atoms with Gasteiger partial charge in [-0.25, -0.2) is 9.97 Å². The molecule has 1 aliphatic heterocycles. The Balaban J connectivity index is 1.49. The number of likely N-dealkylation sites (tertiary alicyclic amines) is 1. The van der Waals surface area contributed by atoms with Crippen LogP contribution in [0.4, 0.5) is 5.95 Å². The van der Waals surface area contributed by atoms with E-state index in [1.807, 2.05) is 44.3 Å². The summed E-state index contributed by atoms with van der Waals surface area (Å²) in [4.78, 5) is 25.4. The average Bonchev–Trinajstić information content (AvgIpc) is 2.74. The van der Waals surface area contributed by atoms with Crippen molar-refractivity contribution in [1.82, 2.24) is 19.8 Å². The zero-order chi connectivity index (χ0) is 20.8. The van der Waals surface area contributed by atoms with Gasteiger partial charge in [0.2, 0.25) is 5.95 Å². The summed E-state index contributed by atoms with van der Waals surface area (Å²) in [6, 6.07) is 11.5. The lowest BCUT2D eigenvalue weighted by atomic mass is 9.95. The Morgan fingerprint density at radius 2 is 1.97 bits per heavy atom. The molecule has 1 amide bonds. The minimum absolute atomic E-state index is 0.0751. The average molecular weight is 398 g/mol. The van der Waals surface area contributed by atoms with Crippen LogP contribution in [0.3, 0.4) is 0 Å². The lowest BCUT2D eigenvalue weighted by molar-refractivity contribution is 0.0677. The first-order valence-electron chi connectivity index (χ1n) is 10.2. The molecule has 1 atom stereocenters. The van der Waals surface area contributed by atoms with Crippen LogP contribution in [0.2, 0.25) is 0 Å². The maximum Gasteiger partial charge on any atom is 0.272 e. The molecule has 0 aliphatic carbocycles. The number of nitrogens with one attached hydrogen (secondary N) is 1. The van der Waals surface area contributed by atoms with Crippen molar-refractivity contribution >= 4 is 11.9 Å². The van der Waals surface area contributed by atoms with Crippen molar-refractivity contribution in [2.24, 2.45) is 5.92 Å². The van der Waals surface area contributed by atoms with Crippen molar-refractivity contribution in [2.45, 2.75) is 25.9 Å². The number of aliphatic hydroxyl groups is 1. The van der Waals surface area contributed by atoms with E-state index in [2.05, 4.69) is 20.2 Å². The van der Waals surface area contributed by atoms with Gasteiger partial charge in [-0.2, -0.15) is 0 Å². The van der Waals surface area contributed by atoms with Crippen LogP contribution in [0.25, 0.3) is 0 Å². The normalized spacial score (nSPS) is 16.4. The molecule has 0 spiro atoms. The fourth-order valence-electron chi connectivity index (χ4n) is 3.83. The van der Waals surface area contributed by atoms with Gasteiger partial charge >= 0.3 is 0 Å². The molecule has 7 heteroatoms. The fourth-order valence-corrected chi connectivity index (χ4v) is 3.83. The van der Waals surface area contributed by atoms with Gasteiger partial charge in [0, 0.05) is 32.9 Å². The van der Waals surface area contributed by atoms with Gasteiger partial charge in [-0.15, -0.1) is 0 Å². The van der Waals surface area contributed by atoms with Crippen LogP contribution < -0.4 is 5.32 Å². The molecule has 0 bridgehead atoms. The van der Waals surface area contributed by atoms with Crippen LogP contribution in [0, 0.1) is 12.8 Å². The second-order valence-electron chi connectivity index (χ2n) is 7.82. The van der Waals surface area contributed by atoms with Crippen LogP contribution in [-0.4, -0.2) is 71.1 Å². The van der Waals surface area contributed by atoms with Gasteiger partial charge in [0.15, 0.2) is 0 Å². The Morgan fingerprint density at radius 3 is 2.62 bits per heavy atom. The number of carbonyl (C=O) groups is 1. The molecule has 7 nitrogen and oxygen atoms in total. The number of amides is 1. The van der Waals surface area contributed by atoms with E-state index in [4.69, 9.17) is 0 Å². The molecule has 1 aliphatic rings. The Bertz CT molecular complexity index is 806. The lowest BCUT2D eigenvalue weighted by Crippen LogP contribution is -2.41. The standard InChI is InChI=1S/C22H31N5O2/c1-16-13-19(25-22(23-2)24-16)21(29)26(3)14-17-9-11-27(12-10-17)15-20(28)18-7-5-4-6-8-18/h4-8,13,17,20,28H,9-12,14-15H2,1-3H3,(H,23,24,25). The number of hydrogen-bond donors (Lipinski definition) is 2. The molecular weight excluding hydrogens is 366 g/mol. The second kappa shape index (κ2) is 9.80. The molecule has 2 aromatic rings. The minimum atomic E-state index is -0.459. The molecule has 0 saturated carbocycles. The number of piperidine rings is 1. The molecule has 1 aromatic carbocycles. The van der Waals surface area contributed by atoms with Crippen LogP contribution in [0.1, 0.15) is 40.7 Å². The number of rotatable bonds is 7. The van der Waals surface area contributed by atoms with Crippen LogP contribution in [0.15, 0.2) is 36.4 Å². The SMILES string of the molecule is CNc1nc(C)cc(C(=O)N(C)CC2CCN(CC(O)c3ccccc3)CC2)n1. The van der Waals surface area contributed by atoms with E-state index in [1.165, 1.54) is 0 Å². The lowest BCUT2D eigenvalue weighted by Gasteiger charge is -2.34. The van der Waals surface area contributed by atoms with E-state index in [0.717, 1.165) is 37.2 Å². The third-order valence-corrected chi connectivity index (χ3v) is 5.50. The monoisotopic (exact) mass is 397 g/mol. The first kappa shape index (κ1) is 21.2. The van der Waals surface area contributed by atoms with Gasteiger partial charge in [0.05, 0.1) is 6.10 Å². The summed E-state index contributed by atoms with van der Waals surface area (Å²) < 4.78 is 0. The molecule has 2 N–H and O–H groups in total. The second-order valence-corrected chi connectivity index (χ2v) is 7.82. The molecule has 1 saturated heterocycles. The van der Waals surface area contributed by atoms with Crippen molar-refractivity contribution in [3.05, 3.63) is 53.3 Å². The van der Waals surface area contributed by atoms with Crippen molar-refractivity contribution < 1.29 is 9.90 Å². The first-order valence-corrected chi connectivity index (χ1v) is 10.2. The number of aliphatic hydroxyl groups excluding tert-OH is 1. The number of carbonyl (C=O) groups excluding carboxylic acids is 1. The summed E-state index contributed by atoms with van der Waals surface area (Å²) in [7, 11) is 3.58. The topological polar surface area (TPSA) is 81.6 Å². The molecule has 0 radical (unpaired) electrons. The van der Waals surface area contributed by atoms with Gasteiger partial charge in [-0.05, 0) is 50.4 Å². The fraction of sp³-hybridized carbons (Fsp3) is 0.500. The third-order valence-electron chi connectivity index (χ3n) is 5.50. The van der Waals surface area contributed by atoms with Crippen molar-refractivity contribution in [1.29, 1.82) is 0 Å². The highest BCUT2D eigenvalue weighted by molar-refractivity contribution is 5.92. The molecule has 2 heterocycles.